The van der Waals surface area contributed by atoms with Crippen LogP contribution in [0.5, 0.6) is 11.5 Å². The van der Waals surface area contributed by atoms with Gasteiger partial charge in [0.1, 0.15) is 35.9 Å². The van der Waals surface area contributed by atoms with Gasteiger partial charge in [-0.25, -0.2) is 18.7 Å². The zero-order chi connectivity index (χ0) is 28.0. The van der Waals surface area contributed by atoms with Crippen molar-refractivity contribution in [2.75, 3.05) is 33.4 Å². The van der Waals surface area contributed by atoms with E-state index in [0.29, 0.717) is 60.3 Å². The number of carbonyl (C=O) groups is 1. The molecule has 0 aliphatic carbocycles. The molecule has 1 aliphatic rings. The van der Waals surface area contributed by atoms with Crippen LogP contribution in [0.1, 0.15) is 43.0 Å². The van der Waals surface area contributed by atoms with Crippen LogP contribution >= 0.6 is 0 Å². The number of ether oxygens (including phenoxy) is 2. The van der Waals surface area contributed by atoms with Crippen molar-refractivity contribution < 1.29 is 32.6 Å². The molecule has 1 atom stereocenters. The number of fused-ring (bicyclic) bond motifs is 1. The lowest BCUT2D eigenvalue weighted by molar-refractivity contribution is -0.143. The standard InChI is InChI=1S/C28H33F3N4O4/c1-38-21-2-3-25-23(15-21)26(18(16-32)17-33-25)24(31)4-5-28(27(36)34-37)6-8-35(9-7-28)10-11-39-22-13-19(29)12-20(30)14-22/h2-3,12-15,17,24,37H,4-11,16,32H2,1H3,(H,34,36)/t24-/m1/s1. The number of nitrogens with one attached hydrogen (secondary N) is 1. The fourth-order valence-corrected chi connectivity index (χ4v) is 5.26. The Morgan fingerprint density at radius 1 is 1.18 bits per heavy atom. The third kappa shape index (κ3) is 6.60. The summed E-state index contributed by atoms with van der Waals surface area (Å²) in [5.74, 6) is -1.30. The first-order chi connectivity index (χ1) is 18.8. The van der Waals surface area contributed by atoms with E-state index in [1.807, 2.05) is 0 Å². The van der Waals surface area contributed by atoms with Gasteiger partial charge in [-0.05, 0) is 62.5 Å². The predicted molar refractivity (Wildman–Crippen MR) is 139 cm³/mol. The van der Waals surface area contributed by atoms with Crippen molar-refractivity contribution in [3.8, 4) is 11.5 Å². The molecule has 4 rings (SSSR count). The molecule has 2 aromatic carbocycles. The van der Waals surface area contributed by atoms with Crippen LogP contribution in [-0.4, -0.2) is 54.3 Å². The van der Waals surface area contributed by atoms with E-state index >= 15 is 4.39 Å². The lowest BCUT2D eigenvalue weighted by Gasteiger charge is -2.40. The fraction of sp³-hybridized carbons (Fsp3) is 0.429. The first-order valence-corrected chi connectivity index (χ1v) is 12.8. The minimum Gasteiger partial charge on any atom is -0.497 e. The number of alkyl halides is 1. The third-order valence-corrected chi connectivity index (χ3v) is 7.52. The van der Waals surface area contributed by atoms with Gasteiger partial charge < -0.3 is 15.2 Å². The number of pyridine rings is 1. The normalized spacial score (nSPS) is 16.2. The van der Waals surface area contributed by atoms with E-state index in [9.17, 15) is 18.8 Å². The molecule has 1 aromatic heterocycles. The number of carbonyl (C=O) groups excluding carboxylic acids is 1. The van der Waals surface area contributed by atoms with Crippen LogP contribution in [0.4, 0.5) is 13.2 Å². The Morgan fingerprint density at radius 2 is 1.90 bits per heavy atom. The van der Waals surface area contributed by atoms with Gasteiger partial charge in [-0.1, -0.05) is 0 Å². The molecule has 2 heterocycles. The van der Waals surface area contributed by atoms with Crippen LogP contribution in [0.15, 0.2) is 42.6 Å². The van der Waals surface area contributed by atoms with E-state index in [4.69, 9.17) is 15.2 Å². The summed E-state index contributed by atoms with van der Waals surface area (Å²) in [6.45, 7) is 1.81. The summed E-state index contributed by atoms with van der Waals surface area (Å²) in [7, 11) is 1.53. The number of rotatable bonds is 11. The zero-order valence-electron chi connectivity index (χ0n) is 21.8. The smallest absolute Gasteiger partial charge is 0.249 e. The maximum absolute atomic E-state index is 15.9. The second-order valence-electron chi connectivity index (χ2n) is 9.81. The lowest BCUT2D eigenvalue weighted by atomic mass is 9.73. The van der Waals surface area contributed by atoms with Crippen molar-refractivity contribution in [3.63, 3.8) is 0 Å². The number of amides is 1. The number of methoxy groups -OCH3 is 1. The number of hydrogen-bond acceptors (Lipinski definition) is 7. The van der Waals surface area contributed by atoms with Crippen LogP contribution in [0.2, 0.25) is 0 Å². The Kier molecular flexibility index (Phi) is 9.26. The average molecular weight is 547 g/mol. The molecule has 8 nitrogen and oxygen atoms in total. The number of halogens is 3. The van der Waals surface area contributed by atoms with Crippen molar-refractivity contribution in [3.05, 3.63) is 65.4 Å². The molecule has 0 bridgehead atoms. The molecular weight excluding hydrogens is 513 g/mol. The maximum Gasteiger partial charge on any atom is 0.249 e. The summed E-state index contributed by atoms with van der Waals surface area (Å²) in [5.41, 5.74) is 8.36. The monoisotopic (exact) mass is 546 g/mol. The largest absolute Gasteiger partial charge is 0.497 e. The van der Waals surface area contributed by atoms with Crippen molar-refractivity contribution in [2.45, 2.75) is 38.4 Å². The summed E-state index contributed by atoms with van der Waals surface area (Å²) in [6.07, 6.45) is 1.22. The van der Waals surface area contributed by atoms with Crippen molar-refractivity contribution in [1.29, 1.82) is 0 Å². The first kappa shape index (κ1) is 28.6. The highest BCUT2D eigenvalue weighted by molar-refractivity contribution is 5.85. The number of nitrogens with two attached hydrogens (primary N) is 1. The molecule has 0 spiro atoms. The van der Waals surface area contributed by atoms with Gasteiger partial charge in [0.05, 0.1) is 18.0 Å². The minimum absolute atomic E-state index is 0.0466. The van der Waals surface area contributed by atoms with E-state index < -0.39 is 29.1 Å². The molecular formula is C28H33F3N4O4. The molecule has 1 fully saturated rings. The first-order valence-electron chi connectivity index (χ1n) is 12.8. The number of likely N-dealkylation sites (tertiary alicyclic amines) is 1. The molecule has 4 N–H and O–H groups in total. The van der Waals surface area contributed by atoms with Gasteiger partial charge in [0.25, 0.3) is 0 Å². The van der Waals surface area contributed by atoms with Gasteiger partial charge >= 0.3 is 0 Å². The minimum atomic E-state index is -1.41. The summed E-state index contributed by atoms with van der Waals surface area (Å²) in [4.78, 5) is 19.2. The third-order valence-electron chi connectivity index (χ3n) is 7.52. The van der Waals surface area contributed by atoms with Crippen LogP contribution in [0.25, 0.3) is 10.9 Å². The lowest BCUT2D eigenvalue weighted by Crippen LogP contribution is -2.49. The molecule has 0 unspecified atom stereocenters. The Bertz CT molecular complexity index is 1280. The van der Waals surface area contributed by atoms with Gasteiger partial charge in [-0.3, -0.25) is 19.9 Å². The second-order valence-corrected chi connectivity index (χ2v) is 9.81. The second kappa shape index (κ2) is 12.6. The number of hydrogen-bond donors (Lipinski definition) is 3. The number of benzene rings is 2. The highest BCUT2D eigenvalue weighted by atomic mass is 19.1. The van der Waals surface area contributed by atoms with E-state index in [2.05, 4.69) is 9.88 Å². The van der Waals surface area contributed by atoms with Crippen LogP contribution in [0, 0.1) is 17.0 Å². The zero-order valence-corrected chi connectivity index (χ0v) is 21.8. The van der Waals surface area contributed by atoms with Crippen LogP contribution in [0.3, 0.4) is 0 Å². The number of piperidine rings is 1. The quantitative estimate of drug-likeness (QED) is 0.241. The summed E-state index contributed by atoms with van der Waals surface area (Å²) in [6, 6.07) is 8.25. The maximum atomic E-state index is 15.9. The van der Waals surface area contributed by atoms with E-state index in [0.717, 1.165) is 18.2 Å². The highest BCUT2D eigenvalue weighted by Crippen LogP contribution is 2.41. The molecule has 0 saturated carbocycles. The van der Waals surface area contributed by atoms with Crippen LogP contribution < -0.4 is 20.7 Å². The molecule has 1 amide bonds. The van der Waals surface area contributed by atoms with Crippen LogP contribution in [-0.2, 0) is 11.3 Å². The Hall–Kier alpha value is -3.41. The molecule has 1 aliphatic heterocycles. The highest BCUT2D eigenvalue weighted by Gasteiger charge is 2.41. The fourth-order valence-electron chi connectivity index (χ4n) is 5.26. The van der Waals surface area contributed by atoms with Crippen molar-refractivity contribution in [2.24, 2.45) is 11.1 Å². The van der Waals surface area contributed by atoms with Gasteiger partial charge in [0.2, 0.25) is 5.91 Å². The van der Waals surface area contributed by atoms with E-state index in [1.54, 1.807) is 29.9 Å². The van der Waals surface area contributed by atoms with Gasteiger partial charge in [0.15, 0.2) is 0 Å². The molecule has 210 valence electrons. The SMILES string of the molecule is COc1ccc2ncc(CN)c([C@H](F)CCC3(C(=O)NO)CCN(CCOc4cc(F)cc(F)c4)CC3)c2c1. The Balaban J connectivity index is 1.41. The molecule has 1 saturated heterocycles. The van der Waals surface area contributed by atoms with Crippen molar-refractivity contribution >= 4 is 16.8 Å². The molecule has 11 heteroatoms. The Morgan fingerprint density at radius 3 is 2.54 bits per heavy atom. The average Bonchev–Trinajstić information content (AvgIpc) is 2.94. The van der Waals surface area contributed by atoms with Gasteiger partial charge in [0, 0.05) is 48.4 Å². The Labute approximate surface area is 224 Å². The van der Waals surface area contributed by atoms with E-state index in [1.165, 1.54) is 7.11 Å². The molecule has 3 aromatic rings. The molecule has 0 radical (unpaired) electrons. The summed E-state index contributed by atoms with van der Waals surface area (Å²) in [5, 5.41) is 10.1. The van der Waals surface area contributed by atoms with Gasteiger partial charge in [-0.15, -0.1) is 0 Å². The summed E-state index contributed by atoms with van der Waals surface area (Å²) >= 11 is 0. The number of nitrogens with zero attached hydrogens (tertiary/aromatic N) is 2. The molecule has 39 heavy (non-hydrogen) atoms. The number of hydroxylamine groups is 1. The number of aromatic nitrogens is 1. The van der Waals surface area contributed by atoms with Crippen molar-refractivity contribution in [1.82, 2.24) is 15.4 Å². The van der Waals surface area contributed by atoms with Gasteiger partial charge in [-0.2, -0.15) is 0 Å². The summed E-state index contributed by atoms with van der Waals surface area (Å²) < 4.78 is 53.4. The van der Waals surface area contributed by atoms with E-state index in [-0.39, 0.29) is 31.7 Å². The topological polar surface area (TPSA) is 110 Å². The predicted octanol–water partition coefficient (Wildman–Crippen LogP) is 4.44.